The summed E-state index contributed by atoms with van der Waals surface area (Å²) >= 11 is 4.15. The summed E-state index contributed by atoms with van der Waals surface area (Å²) in [6.07, 6.45) is -1.18. The van der Waals surface area contributed by atoms with Crippen LogP contribution in [0.4, 0.5) is 0 Å². The summed E-state index contributed by atoms with van der Waals surface area (Å²) in [7, 11) is 0. The van der Waals surface area contributed by atoms with Crippen molar-refractivity contribution in [1.82, 2.24) is 46.2 Å². The number of nitrogens with zero attached hydrogens (tertiary/aromatic N) is 4. The number of carboxylic acids is 1. The number of aliphatic hydroxyl groups is 3. The number of hydrogen-bond acceptors (Lipinski definition) is 14. The summed E-state index contributed by atoms with van der Waals surface area (Å²) < 4.78 is 0. The Hall–Kier alpha value is -4.58. The second-order valence-electron chi connectivity index (χ2n) is 14.9. The Bertz CT molecular complexity index is 1600. The van der Waals surface area contributed by atoms with Crippen molar-refractivity contribution in [1.29, 1.82) is 0 Å². The van der Waals surface area contributed by atoms with Gasteiger partial charge in [0.2, 0.25) is 47.3 Å². The van der Waals surface area contributed by atoms with Crippen LogP contribution in [-0.4, -0.2) is 206 Å². The Morgan fingerprint density at radius 3 is 1.70 bits per heavy atom. The third kappa shape index (κ3) is 10.5. The predicted octanol–water partition coefficient (Wildman–Crippen LogP) is -6.54. The molecule has 316 valence electrons. The van der Waals surface area contributed by atoms with Crippen molar-refractivity contribution < 1.29 is 63.6 Å². The van der Waals surface area contributed by atoms with Gasteiger partial charge in [-0.15, -0.1) is 0 Å². The highest BCUT2D eigenvalue weighted by atomic mass is 32.1. The van der Waals surface area contributed by atoms with Gasteiger partial charge in [-0.05, 0) is 32.1 Å². The summed E-state index contributed by atoms with van der Waals surface area (Å²) in [5.74, 6) is -6.67. The zero-order valence-electron chi connectivity index (χ0n) is 31.2. The monoisotopic (exact) mass is 825 g/mol. The van der Waals surface area contributed by atoms with Crippen molar-refractivity contribution in [2.75, 3.05) is 58.1 Å². The fourth-order valence-corrected chi connectivity index (χ4v) is 8.33. The standard InChI is InChI=1S/C34H51N9O13S/c44-17-7-20(35-10-17)33(55)40-5-1-3-22(40)30(52)37-12-26(47)42-14-18(45)8-24(42)32(54)39-21(16-57)29(51)36-11-27(48)43-15-19(46)9-25(43)34(56)41-6-2-4-23(41)31(53)38-13-28(49)50/h17-25,35,44-46,57H,1-16H2,(H,36,51)(H,37,52)(H,38,53)(H,39,54)(H,49,50)/t17-,18-,19-,20+,21+,22+,23+,24+,25+/m1/s1. The summed E-state index contributed by atoms with van der Waals surface area (Å²) in [4.78, 5) is 121. The zero-order chi connectivity index (χ0) is 41.6. The van der Waals surface area contributed by atoms with Crippen molar-refractivity contribution >= 4 is 65.9 Å². The van der Waals surface area contributed by atoms with Gasteiger partial charge in [0.25, 0.3) is 0 Å². The third-order valence-electron chi connectivity index (χ3n) is 10.9. The lowest BCUT2D eigenvalue weighted by Crippen LogP contribution is -2.57. The van der Waals surface area contributed by atoms with Crippen LogP contribution in [0.1, 0.15) is 44.9 Å². The maximum Gasteiger partial charge on any atom is 0.322 e. The number of carbonyl (C=O) groups excluding carboxylic acids is 8. The molecule has 9 atom stereocenters. The van der Waals surface area contributed by atoms with Crippen molar-refractivity contribution in [2.24, 2.45) is 0 Å². The number of β-amino-alcohol motifs (C(OH)–C–C–N with tert-alkyl or cyclic N) is 3. The molecule has 22 nitrogen and oxygen atoms in total. The lowest BCUT2D eigenvalue weighted by molar-refractivity contribution is -0.147. The molecule has 23 heteroatoms. The van der Waals surface area contributed by atoms with Gasteiger partial charge in [0.1, 0.15) is 36.8 Å². The molecule has 9 N–H and O–H groups in total. The van der Waals surface area contributed by atoms with E-state index in [4.69, 9.17) is 5.11 Å². The highest BCUT2D eigenvalue weighted by Gasteiger charge is 2.46. The van der Waals surface area contributed by atoms with E-state index in [1.165, 1.54) is 9.80 Å². The predicted molar refractivity (Wildman–Crippen MR) is 197 cm³/mol. The minimum Gasteiger partial charge on any atom is -0.480 e. The molecule has 0 radical (unpaired) electrons. The molecule has 0 unspecified atom stereocenters. The fraction of sp³-hybridized carbons (Fsp3) is 0.735. The molecular weight excluding hydrogens is 774 g/mol. The maximum absolute atomic E-state index is 13.5. The molecule has 5 heterocycles. The molecule has 0 saturated carbocycles. The van der Waals surface area contributed by atoms with E-state index in [0.717, 1.165) is 9.80 Å². The highest BCUT2D eigenvalue weighted by molar-refractivity contribution is 7.80. The molecule has 5 rings (SSSR count). The highest BCUT2D eigenvalue weighted by Crippen LogP contribution is 2.26. The average Bonchev–Trinajstić information content (AvgIpc) is 4.03. The number of amides is 8. The number of carboxylic acid groups (broad SMARTS) is 1. The molecule has 5 saturated heterocycles. The van der Waals surface area contributed by atoms with Gasteiger partial charge >= 0.3 is 5.97 Å². The Morgan fingerprint density at radius 2 is 1.16 bits per heavy atom. The number of aliphatic carboxylic acids is 1. The first-order valence-electron chi connectivity index (χ1n) is 19.0. The van der Waals surface area contributed by atoms with E-state index >= 15 is 0 Å². The SMILES string of the molecule is O=C(O)CNC(=O)[C@@H]1CCCN1C(=O)[C@@H]1C[C@@H](O)CN1C(=O)CNC(=O)[C@H](CS)NC(=O)[C@@H]1C[C@@H](O)CN1C(=O)CNC(=O)[C@@H]1CCCN1C(=O)[C@@H]1C[C@@H](O)CN1. The first-order valence-corrected chi connectivity index (χ1v) is 19.7. The molecule has 0 aromatic rings. The topological polar surface area (TPSA) is 308 Å². The van der Waals surface area contributed by atoms with Crippen LogP contribution in [0.15, 0.2) is 0 Å². The lowest BCUT2D eigenvalue weighted by Gasteiger charge is -2.31. The van der Waals surface area contributed by atoms with E-state index in [2.05, 4.69) is 39.2 Å². The van der Waals surface area contributed by atoms with E-state index in [1.54, 1.807) is 0 Å². The van der Waals surface area contributed by atoms with Crippen molar-refractivity contribution in [3.63, 3.8) is 0 Å². The number of aliphatic hydroxyl groups excluding tert-OH is 3. The molecule has 0 aromatic carbocycles. The van der Waals surface area contributed by atoms with E-state index in [9.17, 15) is 58.5 Å². The summed E-state index contributed by atoms with van der Waals surface area (Å²) in [6, 6.07) is -6.06. The van der Waals surface area contributed by atoms with Crippen molar-refractivity contribution in [3.05, 3.63) is 0 Å². The van der Waals surface area contributed by atoms with Crippen molar-refractivity contribution in [2.45, 2.75) is 99.5 Å². The normalized spacial score (nSPS) is 28.9. The molecule has 57 heavy (non-hydrogen) atoms. The molecule has 5 aliphatic heterocycles. The van der Waals surface area contributed by atoms with Gasteiger partial charge in [0.05, 0.1) is 37.4 Å². The van der Waals surface area contributed by atoms with Gasteiger partial charge < -0.3 is 66.6 Å². The molecule has 5 aliphatic rings. The second-order valence-corrected chi connectivity index (χ2v) is 15.3. The van der Waals surface area contributed by atoms with E-state index in [-0.39, 0.29) is 63.5 Å². The minimum atomic E-state index is -1.30. The van der Waals surface area contributed by atoms with Gasteiger partial charge in [-0.1, -0.05) is 0 Å². The van der Waals surface area contributed by atoms with Crippen LogP contribution in [0.3, 0.4) is 0 Å². The first-order chi connectivity index (χ1) is 27.1. The van der Waals surface area contributed by atoms with Gasteiger partial charge in [0, 0.05) is 51.3 Å². The van der Waals surface area contributed by atoms with Crippen LogP contribution in [-0.2, 0) is 43.2 Å². The Kier molecular flexibility index (Phi) is 14.7. The number of nitrogens with one attached hydrogen (secondary N) is 5. The average molecular weight is 826 g/mol. The molecule has 5 fully saturated rings. The Morgan fingerprint density at radius 1 is 0.632 bits per heavy atom. The molecule has 0 aliphatic carbocycles. The lowest BCUT2D eigenvalue weighted by atomic mass is 10.1. The number of rotatable bonds is 14. The van der Waals surface area contributed by atoms with Crippen molar-refractivity contribution in [3.8, 4) is 0 Å². The number of carbonyl (C=O) groups is 9. The first kappa shape index (κ1) is 43.5. The second kappa shape index (κ2) is 19.2. The van der Waals surface area contributed by atoms with Crippen LogP contribution in [0.2, 0.25) is 0 Å². The van der Waals surface area contributed by atoms with Crippen LogP contribution < -0.4 is 26.6 Å². The van der Waals surface area contributed by atoms with Crippen LogP contribution >= 0.6 is 12.6 Å². The molecule has 0 spiro atoms. The van der Waals surface area contributed by atoms with E-state index in [1.807, 2.05) is 0 Å². The molecular formula is C34H51N9O13S. The Balaban J connectivity index is 1.11. The zero-order valence-corrected chi connectivity index (χ0v) is 32.1. The third-order valence-corrected chi connectivity index (χ3v) is 11.3. The quantitative estimate of drug-likeness (QED) is 0.0729. The van der Waals surface area contributed by atoms with E-state index < -0.39 is 122 Å². The molecule has 0 aromatic heterocycles. The number of likely N-dealkylation sites (tertiary alicyclic amines) is 4. The fourth-order valence-electron chi connectivity index (χ4n) is 8.08. The van der Waals surface area contributed by atoms with Crippen LogP contribution in [0.25, 0.3) is 0 Å². The minimum absolute atomic E-state index is 0.122. The molecule has 0 bridgehead atoms. The Labute approximate surface area is 332 Å². The van der Waals surface area contributed by atoms with Gasteiger partial charge in [-0.25, -0.2) is 0 Å². The largest absolute Gasteiger partial charge is 0.480 e. The summed E-state index contributed by atoms with van der Waals surface area (Å²) in [5, 5.41) is 52.0. The van der Waals surface area contributed by atoms with Gasteiger partial charge in [0.15, 0.2) is 0 Å². The van der Waals surface area contributed by atoms with Crippen LogP contribution in [0, 0.1) is 0 Å². The summed E-state index contributed by atoms with van der Waals surface area (Å²) in [6.45, 7) is -1.45. The molecule has 8 amide bonds. The van der Waals surface area contributed by atoms with E-state index in [0.29, 0.717) is 25.8 Å². The number of hydrogen-bond donors (Lipinski definition) is 10. The van der Waals surface area contributed by atoms with Gasteiger partial charge in [-0.3, -0.25) is 43.2 Å². The van der Waals surface area contributed by atoms with Crippen LogP contribution in [0.5, 0.6) is 0 Å². The number of thiol groups is 1. The summed E-state index contributed by atoms with van der Waals surface area (Å²) in [5.41, 5.74) is 0. The maximum atomic E-state index is 13.5. The van der Waals surface area contributed by atoms with Gasteiger partial charge in [-0.2, -0.15) is 12.6 Å². The smallest absolute Gasteiger partial charge is 0.322 e.